The Labute approximate surface area is 169 Å². The van der Waals surface area contributed by atoms with Crippen molar-refractivity contribution in [3.8, 4) is 5.88 Å². The predicted octanol–water partition coefficient (Wildman–Crippen LogP) is 2.44. The number of methoxy groups -OCH3 is 1. The zero-order chi connectivity index (χ0) is 21.9. The van der Waals surface area contributed by atoms with Gasteiger partial charge in [-0.3, -0.25) is 15.1 Å². The van der Waals surface area contributed by atoms with Gasteiger partial charge < -0.3 is 10.1 Å². The van der Waals surface area contributed by atoms with E-state index in [2.05, 4.69) is 25.5 Å². The highest BCUT2D eigenvalue weighted by Gasteiger charge is 2.21. The van der Waals surface area contributed by atoms with Gasteiger partial charge in [-0.1, -0.05) is 6.92 Å². The molecule has 3 rings (SSSR count). The van der Waals surface area contributed by atoms with Crippen molar-refractivity contribution in [3.63, 3.8) is 0 Å². The Hall–Kier alpha value is -3.55. The zero-order valence-electron chi connectivity index (χ0n) is 15.8. The third-order valence-electron chi connectivity index (χ3n) is 3.82. The van der Waals surface area contributed by atoms with Gasteiger partial charge >= 0.3 is 6.03 Å². The van der Waals surface area contributed by atoms with Crippen molar-refractivity contribution in [2.45, 2.75) is 13.3 Å². The summed E-state index contributed by atoms with van der Waals surface area (Å²) in [5.41, 5.74) is -1.07. The predicted molar refractivity (Wildman–Crippen MR) is 105 cm³/mol. The van der Waals surface area contributed by atoms with Gasteiger partial charge in [0.05, 0.1) is 18.6 Å². The van der Waals surface area contributed by atoms with Crippen LogP contribution in [0.5, 0.6) is 5.88 Å². The van der Waals surface area contributed by atoms with E-state index in [9.17, 15) is 22.0 Å². The number of nitrogens with one attached hydrogen (secondary N) is 4. The number of carbonyl (C=O) groups excluding carboxylic acids is 1. The maximum atomic E-state index is 14.7. The van der Waals surface area contributed by atoms with E-state index in [1.165, 1.54) is 7.11 Å². The van der Waals surface area contributed by atoms with Gasteiger partial charge in [-0.2, -0.15) is 0 Å². The van der Waals surface area contributed by atoms with Gasteiger partial charge in [0.15, 0.2) is 17.3 Å². The van der Waals surface area contributed by atoms with E-state index in [1.807, 2.05) is 10.0 Å². The summed E-state index contributed by atoms with van der Waals surface area (Å²) in [6.07, 6.45) is 1.44. The van der Waals surface area contributed by atoms with Crippen LogP contribution in [0.2, 0.25) is 0 Å². The minimum atomic E-state index is -3.82. The standard InChI is InChI=1S/C16H17F2N7O4S/c1-3-6-30(27,28)25-9-5-4-8(17)12(11(9)18)21-16(26)22-13-10-14(20-7-19-13)23-24-15(10)29-2/h4-5,7,25H,3,6H2,1-2H3,(H3,19,20,21,22,23,24,26). The molecule has 4 N–H and O–H groups in total. The summed E-state index contributed by atoms with van der Waals surface area (Å²) < 4.78 is 59.6. The molecule has 0 saturated carbocycles. The fraction of sp³-hybridized carbons (Fsp3) is 0.250. The number of sulfonamides is 1. The molecule has 0 bridgehead atoms. The highest BCUT2D eigenvalue weighted by Crippen LogP contribution is 2.29. The molecule has 11 nitrogen and oxygen atoms in total. The van der Waals surface area contributed by atoms with E-state index in [0.717, 1.165) is 18.5 Å². The number of rotatable bonds is 7. The fourth-order valence-corrected chi connectivity index (χ4v) is 3.69. The van der Waals surface area contributed by atoms with Crippen molar-refractivity contribution in [1.82, 2.24) is 20.2 Å². The third-order valence-corrected chi connectivity index (χ3v) is 5.29. The smallest absolute Gasteiger partial charge is 0.325 e. The lowest BCUT2D eigenvalue weighted by molar-refractivity contribution is 0.262. The quantitative estimate of drug-likeness (QED) is 0.439. The molecule has 0 atom stereocenters. The van der Waals surface area contributed by atoms with E-state index in [-0.39, 0.29) is 28.5 Å². The number of urea groups is 1. The first kappa shape index (κ1) is 21.2. The largest absolute Gasteiger partial charge is 0.479 e. The molecular weight excluding hydrogens is 424 g/mol. The highest BCUT2D eigenvalue weighted by atomic mass is 32.2. The van der Waals surface area contributed by atoms with Crippen molar-refractivity contribution >= 4 is 44.3 Å². The summed E-state index contributed by atoms with van der Waals surface area (Å²) in [5.74, 6) is -2.55. The number of hydrogen-bond acceptors (Lipinski definition) is 7. The molecule has 0 aliphatic rings. The average Bonchev–Trinajstić information content (AvgIpc) is 3.11. The number of aromatic nitrogens is 4. The van der Waals surface area contributed by atoms with Crippen LogP contribution in [0.25, 0.3) is 11.0 Å². The second kappa shape index (κ2) is 8.44. The zero-order valence-corrected chi connectivity index (χ0v) is 16.6. The molecule has 0 radical (unpaired) electrons. The lowest BCUT2D eigenvalue weighted by Gasteiger charge is -2.13. The monoisotopic (exact) mass is 441 g/mol. The van der Waals surface area contributed by atoms with Crippen LogP contribution in [0.1, 0.15) is 13.3 Å². The lowest BCUT2D eigenvalue weighted by atomic mass is 10.2. The Morgan fingerprint density at radius 2 is 2.00 bits per heavy atom. The van der Waals surface area contributed by atoms with Crippen LogP contribution in [-0.2, 0) is 10.0 Å². The van der Waals surface area contributed by atoms with Gasteiger partial charge in [0.2, 0.25) is 15.9 Å². The minimum Gasteiger partial charge on any atom is -0.479 e. The van der Waals surface area contributed by atoms with Crippen molar-refractivity contribution in [3.05, 3.63) is 30.1 Å². The molecule has 0 fully saturated rings. The summed E-state index contributed by atoms with van der Waals surface area (Å²) in [5, 5.41) is 11.0. The molecule has 0 aliphatic carbocycles. The molecule has 14 heteroatoms. The Morgan fingerprint density at radius 3 is 2.70 bits per heavy atom. The van der Waals surface area contributed by atoms with Crippen molar-refractivity contribution in [2.75, 3.05) is 28.2 Å². The first-order chi connectivity index (χ1) is 14.3. The normalized spacial score (nSPS) is 11.3. The van der Waals surface area contributed by atoms with Gasteiger partial charge in [0.25, 0.3) is 0 Å². The number of amides is 2. The molecule has 3 aromatic rings. The number of benzene rings is 1. The van der Waals surface area contributed by atoms with Gasteiger partial charge in [-0.05, 0) is 18.6 Å². The summed E-state index contributed by atoms with van der Waals surface area (Å²) in [6, 6.07) is 0.708. The van der Waals surface area contributed by atoms with Crippen molar-refractivity contribution in [2.24, 2.45) is 0 Å². The number of H-pyrrole nitrogens is 1. The van der Waals surface area contributed by atoms with Gasteiger partial charge in [0, 0.05) is 0 Å². The van der Waals surface area contributed by atoms with Crippen LogP contribution in [0, 0.1) is 11.6 Å². The van der Waals surface area contributed by atoms with Crippen molar-refractivity contribution in [1.29, 1.82) is 0 Å². The molecule has 1 aromatic carbocycles. The maximum Gasteiger partial charge on any atom is 0.325 e. The molecule has 2 aromatic heterocycles. The van der Waals surface area contributed by atoms with Gasteiger partial charge in [-0.15, -0.1) is 5.10 Å². The molecule has 0 unspecified atom stereocenters. The fourth-order valence-electron chi connectivity index (χ4n) is 2.56. The Kier molecular flexibility index (Phi) is 5.96. The van der Waals surface area contributed by atoms with E-state index >= 15 is 0 Å². The summed E-state index contributed by atoms with van der Waals surface area (Å²) >= 11 is 0. The lowest BCUT2D eigenvalue weighted by Crippen LogP contribution is -2.23. The van der Waals surface area contributed by atoms with Crippen LogP contribution in [0.4, 0.5) is 30.8 Å². The molecule has 0 saturated heterocycles. The summed E-state index contributed by atoms with van der Waals surface area (Å²) in [6.45, 7) is 1.64. The molecule has 2 amide bonds. The van der Waals surface area contributed by atoms with Gasteiger partial charge in [-0.25, -0.2) is 32.0 Å². The molecule has 160 valence electrons. The molecule has 0 spiro atoms. The van der Waals surface area contributed by atoms with Crippen molar-refractivity contribution < 1.29 is 26.7 Å². The first-order valence-electron chi connectivity index (χ1n) is 8.55. The summed E-state index contributed by atoms with van der Waals surface area (Å²) in [7, 11) is -2.47. The molecular formula is C16H17F2N7O4S. The number of nitrogens with zero attached hydrogens (tertiary/aromatic N) is 3. The Balaban J connectivity index is 1.85. The average molecular weight is 441 g/mol. The number of ether oxygens (including phenoxy) is 1. The number of aromatic amines is 1. The van der Waals surface area contributed by atoms with Crippen LogP contribution < -0.4 is 20.1 Å². The second-order valence-corrected chi connectivity index (χ2v) is 7.80. The Morgan fingerprint density at radius 1 is 1.23 bits per heavy atom. The van der Waals surface area contributed by atoms with Crippen LogP contribution in [0.15, 0.2) is 18.5 Å². The van der Waals surface area contributed by atoms with Crippen LogP contribution >= 0.6 is 0 Å². The first-order valence-corrected chi connectivity index (χ1v) is 10.2. The third kappa shape index (κ3) is 4.37. The van der Waals surface area contributed by atoms with Crippen LogP contribution in [-0.4, -0.2) is 47.5 Å². The topological polar surface area (TPSA) is 151 Å². The SMILES string of the molecule is CCCS(=O)(=O)Nc1ccc(F)c(NC(=O)Nc2ncnc3[nH]nc(OC)c23)c1F. The molecule has 0 aliphatic heterocycles. The summed E-state index contributed by atoms with van der Waals surface area (Å²) in [4.78, 5) is 20.1. The molecule has 30 heavy (non-hydrogen) atoms. The van der Waals surface area contributed by atoms with Gasteiger partial charge in [0.1, 0.15) is 23.2 Å². The number of hydrogen-bond donors (Lipinski definition) is 4. The molecule has 2 heterocycles. The number of carbonyl (C=O) groups is 1. The number of halogens is 2. The van der Waals surface area contributed by atoms with E-state index in [4.69, 9.17) is 4.74 Å². The van der Waals surface area contributed by atoms with E-state index < -0.39 is 39.1 Å². The maximum absolute atomic E-state index is 14.7. The van der Waals surface area contributed by atoms with E-state index in [0.29, 0.717) is 6.42 Å². The number of anilines is 3. The minimum absolute atomic E-state index is 0.0243. The Bertz CT molecular complexity index is 1200. The second-order valence-electron chi connectivity index (χ2n) is 5.96. The van der Waals surface area contributed by atoms with E-state index in [1.54, 1.807) is 6.92 Å². The van der Waals surface area contributed by atoms with Crippen LogP contribution in [0.3, 0.4) is 0 Å². The number of fused-ring (bicyclic) bond motifs is 1. The highest BCUT2D eigenvalue weighted by molar-refractivity contribution is 7.92.